The van der Waals surface area contributed by atoms with Gasteiger partial charge in [-0.2, -0.15) is 0 Å². The van der Waals surface area contributed by atoms with Crippen molar-refractivity contribution < 1.29 is 4.79 Å². The maximum absolute atomic E-state index is 11.9. The largest absolute Gasteiger partial charge is 0.357 e. The second-order valence-electron chi connectivity index (χ2n) is 5.59. The van der Waals surface area contributed by atoms with E-state index in [0.717, 1.165) is 24.6 Å². The lowest BCUT2D eigenvalue weighted by molar-refractivity contribution is -0.119. The van der Waals surface area contributed by atoms with Crippen LogP contribution >= 0.6 is 0 Å². The monoisotopic (exact) mass is 276 g/mol. The molecule has 2 rings (SSSR count). The van der Waals surface area contributed by atoms with Crippen LogP contribution in [0.15, 0.2) is 18.3 Å². The number of nitrogens with zero attached hydrogens (tertiary/aromatic N) is 2. The lowest BCUT2D eigenvalue weighted by atomic mass is 10.0. The number of amides is 1. The van der Waals surface area contributed by atoms with Gasteiger partial charge in [-0.25, -0.2) is 4.98 Å². The van der Waals surface area contributed by atoms with E-state index in [9.17, 15) is 4.79 Å². The Labute approximate surface area is 120 Å². The van der Waals surface area contributed by atoms with Crippen molar-refractivity contribution in [1.29, 1.82) is 0 Å². The lowest BCUT2D eigenvalue weighted by Gasteiger charge is -2.27. The number of hydrogen-bond acceptors (Lipinski definition) is 4. The number of anilines is 2. The summed E-state index contributed by atoms with van der Waals surface area (Å²) in [5, 5.41) is 2.85. The molecule has 1 aromatic heterocycles. The molecular formula is C15H24N4O. The number of pyridine rings is 1. The highest BCUT2D eigenvalue weighted by atomic mass is 16.1. The minimum atomic E-state index is -0.211. The Kier molecular flexibility index (Phi) is 4.95. The molecule has 5 nitrogen and oxygen atoms in total. The normalized spacial score (nSPS) is 18.4. The van der Waals surface area contributed by atoms with Crippen molar-refractivity contribution in [3.63, 3.8) is 0 Å². The smallest absolute Gasteiger partial charge is 0.228 e. The van der Waals surface area contributed by atoms with Gasteiger partial charge in [-0.15, -0.1) is 0 Å². The number of piperidine rings is 1. The summed E-state index contributed by atoms with van der Waals surface area (Å²) < 4.78 is 0. The first-order chi connectivity index (χ1) is 9.58. The molecule has 20 heavy (non-hydrogen) atoms. The van der Waals surface area contributed by atoms with E-state index in [2.05, 4.69) is 15.2 Å². The van der Waals surface area contributed by atoms with Gasteiger partial charge in [-0.05, 0) is 38.3 Å². The minimum absolute atomic E-state index is 0.0625. The van der Waals surface area contributed by atoms with Crippen LogP contribution in [0, 0.1) is 5.92 Å². The highest BCUT2D eigenvalue weighted by Crippen LogP contribution is 2.19. The molecule has 1 aliphatic rings. The summed E-state index contributed by atoms with van der Waals surface area (Å²) in [6.45, 7) is 5.80. The van der Waals surface area contributed by atoms with Gasteiger partial charge < -0.3 is 16.0 Å². The van der Waals surface area contributed by atoms with Crippen molar-refractivity contribution >= 4 is 17.4 Å². The predicted molar refractivity (Wildman–Crippen MR) is 81.7 cm³/mol. The molecule has 0 bridgehead atoms. The zero-order chi connectivity index (χ0) is 14.5. The number of nitrogens with two attached hydrogens (primary N) is 1. The van der Waals surface area contributed by atoms with Crippen LogP contribution in [0.1, 0.15) is 33.1 Å². The molecule has 0 spiro atoms. The fraction of sp³-hybridized carbons (Fsp3) is 0.600. The van der Waals surface area contributed by atoms with Crippen molar-refractivity contribution in [3.05, 3.63) is 18.3 Å². The third kappa shape index (κ3) is 3.70. The Morgan fingerprint density at radius 2 is 2.00 bits per heavy atom. The highest BCUT2D eigenvalue weighted by molar-refractivity contribution is 5.92. The van der Waals surface area contributed by atoms with Gasteiger partial charge in [0.1, 0.15) is 5.82 Å². The molecule has 0 saturated carbocycles. The van der Waals surface area contributed by atoms with Crippen LogP contribution in [-0.2, 0) is 4.79 Å². The Balaban J connectivity index is 1.96. The second kappa shape index (κ2) is 6.70. The zero-order valence-corrected chi connectivity index (χ0v) is 12.3. The zero-order valence-electron chi connectivity index (χ0n) is 12.3. The molecule has 1 aromatic rings. The standard InChI is InChI=1S/C15H24N4O/c1-11(12(2)16)15(20)18-13-6-7-14(17-10-13)19-8-4-3-5-9-19/h6-7,10-12H,3-5,8-9,16H2,1-2H3,(H,18,20). The molecule has 1 aliphatic heterocycles. The summed E-state index contributed by atoms with van der Waals surface area (Å²) in [5.41, 5.74) is 6.45. The van der Waals surface area contributed by atoms with Crippen LogP contribution in [0.3, 0.4) is 0 Å². The Bertz CT molecular complexity index is 438. The first kappa shape index (κ1) is 14.8. The summed E-state index contributed by atoms with van der Waals surface area (Å²) in [7, 11) is 0. The third-order valence-electron chi connectivity index (χ3n) is 3.90. The van der Waals surface area contributed by atoms with Crippen LogP contribution in [0.2, 0.25) is 0 Å². The number of carbonyl (C=O) groups is 1. The van der Waals surface area contributed by atoms with Crippen LogP contribution < -0.4 is 16.0 Å². The van der Waals surface area contributed by atoms with E-state index in [1.54, 1.807) is 6.20 Å². The Morgan fingerprint density at radius 1 is 1.30 bits per heavy atom. The average Bonchev–Trinajstić information content (AvgIpc) is 2.48. The lowest BCUT2D eigenvalue weighted by Crippen LogP contribution is -2.34. The Morgan fingerprint density at radius 3 is 2.55 bits per heavy atom. The fourth-order valence-corrected chi connectivity index (χ4v) is 2.26. The number of nitrogens with one attached hydrogen (secondary N) is 1. The van der Waals surface area contributed by atoms with Crippen LogP contribution in [0.4, 0.5) is 11.5 Å². The van der Waals surface area contributed by atoms with E-state index in [1.807, 2.05) is 26.0 Å². The first-order valence-electron chi connectivity index (χ1n) is 7.35. The van der Waals surface area contributed by atoms with E-state index in [0.29, 0.717) is 0 Å². The quantitative estimate of drug-likeness (QED) is 0.882. The summed E-state index contributed by atoms with van der Waals surface area (Å²) in [4.78, 5) is 18.6. The van der Waals surface area contributed by atoms with Crippen molar-refractivity contribution in [2.45, 2.75) is 39.2 Å². The van der Waals surface area contributed by atoms with E-state index < -0.39 is 0 Å². The van der Waals surface area contributed by atoms with Crippen molar-refractivity contribution in [1.82, 2.24) is 4.98 Å². The van der Waals surface area contributed by atoms with Crippen LogP contribution in [0.5, 0.6) is 0 Å². The maximum Gasteiger partial charge on any atom is 0.228 e. The topological polar surface area (TPSA) is 71.2 Å². The van der Waals surface area contributed by atoms with Gasteiger partial charge in [-0.3, -0.25) is 4.79 Å². The van der Waals surface area contributed by atoms with Crippen molar-refractivity contribution in [3.8, 4) is 0 Å². The van der Waals surface area contributed by atoms with E-state index in [1.165, 1.54) is 19.3 Å². The van der Waals surface area contributed by atoms with Gasteiger partial charge in [0.05, 0.1) is 17.8 Å². The van der Waals surface area contributed by atoms with E-state index in [4.69, 9.17) is 5.73 Å². The fourth-order valence-electron chi connectivity index (χ4n) is 2.26. The van der Waals surface area contributed by atoms with Crippen molar-refractivity contribution in [2.24, 2.45) is 11.7 Å². The molecular weight excluding hydrogens is 252 g/mol. The van der Waals surface area contributed by atoms with E-state index in [-0.39, 0.29) is 17.9 Å². The summed E-state index contributed by atoms with van der Waals surface area (Å²) in [6, 6.07) is 3.72. The minimum Gasteiger partial charge on any atom is -0.357 e. The molecule has 1 amide bonds. The molecule has 0 radical (unpaired) electrons. The molecule has 2 unspecified atom stereocenters. The SMILES string of the molecule is CC(N)C(C)C(=O)Nc1ccc(N2CCCCC2)nc1. The molecule has 1 saturated heterocycles. The summed E-state index contributed by atoms with van der Waals surface area (Å²) >= 11 is 0. The molecule has 0 aliphatic carbocycles. The molecule has 3 N–H and O–H groups in total. The number of rotatable bonds is 4. The van der Waals surface area contributed by atoms with Crippen LogP contribution in [-0.4, -0.2) is 30.0 Å². The molecule has 2 heterocycles. The first-order valence-corrected chi connectivity index (χ1v) is 7.35. The Hall–Kier alpha value is -1.62. The predicted octanol–water partition coefficient (Wildman–Crippen LogP) is 1.99. The van der Waals surface area contributed by atoms with Gasteiger partial charge in [0.25, 0.3) is 0 Å². The third-order valence-corrected chi connectivity index (χ3v) is 3.90. The molecule has 0 aromatic carbocycles. The molecule has 2 atom stereocenters. The van der Waals surface area contributed by atoms with Crippen LogP contribution in [0.25, 0.3) is 0 Å². The number of hydrogen-bond donors (Lipinski definition) is 2. The van der Waals surface area contributed by atoms with Crippen molar-refractivity contribution in [2.75, 3.05) is 23.3 Å². The molecule has 1 fully saturated rings. The van der Waals surface area contributed by atoms with Gasteiger partial charge in [0, 0.05) is 19.1 Å². The van der Waals surface area contributed by atoms with E-state index >= 15 is 0 Å². The summed E-state index contributed by atoms with van der Waals surface area (Å²) in [6.07, 6.45) is 5.48. The number of aromatic nitrogens is 1. The second-order valence-corrected chi connectivity index (χ2v) is 5.59. The van der Waals surface area contributed by atoms with Gasteiger partial charge >= 0.3 is 0 Å². The molecule has 5 heteroatoms. The van der Waals surface area contributed by atoms with Gasteiger partial charge in [-0.1, -0.05) is 6.92 Å². The number of carbonyl (C=O) groups excluding carboxylic acids is 1. The maximum atomic E-state index is 11.9. The average molecular weight is 276 g/mol. The molecule has 110 valence electrons. The highest BCUT2D eigenvalue weighted by Gasteiger charge is 2.17. The summed E-state index contributed by atoms with van der Waals surface area (Å²) in [5.74, 6) is 0.715. The van der Waals surface area contributed by atoms with Gasteiger partial charge in [0.15, 0.2) is 0 Å². The van der Waals surface area contributed by atoms with Gasteiger partial charge in [0.2, 0.25) is 5.91 Å².